The minimum atomic E-state index is -0.172. The molecule has 34 heavy (non-hydrogen) atoms. The molecule has 0 radical (unpaired) electrons. The van der Waals surface area contributed by atoms with Crippen LogP contribution >= 0.6 is 0 Å². The second kappa shape index (κ2) is 9.95. The molecule has 0 aliphatic carbocycles. The topological polar surface area (TPSA) is 82.9 Å². The summed E-state index contributed by atoms with van der Waals surface area (Å²) in [5.41, 5.74) is 4.73. The van der Waals surface area contributed by atoms with Gasteiger partial charge in [0.1, 0.15) is 5.58 Å². The standard InChI is InChI=1S/C27H29N3O4.H2/c1-18(31)28-16-20-8-6-19(7-9-20)13-26(32)30-12-4-5-22(17-30)21-10-11-24-23(14-21)15-25(34-24)27(33)29(2)3;/h5-11,14-15H,4,12-13,16-17H2,1-3H3,(H,28,31);1H. The first-order valence-electron chi connectivity index (χ1n) is 11.3. The van der Waals surface area contributed by atoms with Gasteiger partial charge in [0, 0.05) is 47.5 Å². The minimum absolute atomic E-state index is 0. The van der Waals surface area contributed by atoms with Gasteiger partial charge in [0.15, 0.2) is 5.76 Å². The summed E-state index contributed by atoms with van der Waals surface area (Å²) in [4.78, 5) is 39.6. The molecule has 0 fully saturated rings. The number of furan rings is 1. The van der Waals surface area contributed by atoms with Crippen LogP contribution < -0.4 is 5.32 Å². The summed E-state index contributed by atoms with van der Waals surface area (Å²) in [5, 5.41) is 3.64. The number of carbonyl (C=O) groups excluding carboxylic acids is 3. The van der Waals surface area contributed by atoms with Gasteiger partial charge in [-0.05, 0) is 46.9 Å². The fraction of sp³-hybridized carbons (Fsp3) is 0.296. The van der Waals surface area contributed by atoms with Crippen molar-refractivity contribution < 1.29 is 20.2 Å². The summed E-state index contributed by atoms with van der Waals surface area (Å²) in [6, 6.07) is 15.4. The van der Waals surface area contributed by atoms with Gasteiger partial charge in [-0.25, -0.2) is 0 Å². The van der Waals surface area contributed by atoms with E-state index in [1.807, 2.05) is 47.4 Å². The third kappa shape index (κ3) is 5.36. The molecule has 0 spiro atoms. The Labute approximate surface area is 200 Å². The SMILES string of the molecule is CC(=O)NCc1ccc(CC(=O)N2CCC=C(c3ccc4oc(C(=O)N(C)C)cc4c3)C2)cc1.[HH]. The number of hydrogen-bond donors (Lipinski definition) is 1. The molecular formula is C27H31N3O4. The van der Waals surface area contributed by atoms with Gasteiger partial charge >= 0.3 is 0 Å². The van der Waals surface area contributed by atoms with E-state index in [2.05, 4.69) is 11.4 Å². The maximum absolute atomic E-state index is 13.0. The Morgan fingerprint density at radius 3 is 2.50 bits per heavy atom. The maximum atomic E-state index is 13.0. The first-order chi connectivity index (χ1) is 16.3. The Kier molecular flexibility index (Phi) is 6.82. The number of carbonyl (C=O) groups is 3. The molecule has 0 atom stereocenters. The smallest absolute Gasteiger partial charge is 0.289 e. The van der Waals surface area contributed by atoms with Crippen LogP contribution in [0.1, 0.15) is 42.0 Å². The molecule has 3 aromatic rings. The Morgan fingerprint density at radius 1 is 1.06 bits per heavy atom. The van der Waals surface area contributed by atoms with Gasteiger partial charge in [0.2, 0.25) is 11.8 Å². The lowest BCUT2D eigenvalue weighted by atomic mass is 9.99. The average molecular weight is 462 g/mol. The summed E-state index contributed by atoms with van der Waals surface area (Å²) in [6.45, 7) is 3.21. The third-order valence-electron chi connectivity index (χ3n) is 5.93. The van der Waals surface area contributed by atoms with Crippen LogP contribution in [0, 0.1) is 0 Å². The van der Waals surface area contributed by atoms with Crippen molar-refractivity contribution in [3.8, 4) is 0 Å². The van der Waals surface area contributed by atoms with E-state index in [1.54, 1.807) is 20.2 Å². The molecule has 1 aromatic heterocycles. The van der Waals surface area contributed by atoms with Crippen LogP contribution in [-0.4, -0.2) is 54.7 Å². The molecule has 0 saturated carbocycles. The van der Waals surface area contributed by atoms with Crippen molar-refractivity contribution in [2.24, 2.45) is 0 Å². The Balaban J connectivity index is 0.00000342. The lowest BCUT2D eigenvalue weighted by Gasteiger charge is -2.28. The zero-order valence-corrected chi connectivity index (χ0v) is 19.8. The van der Waals surface area contributed by atoms with Gasteiger partial charge < -0.3 is 19.5 Å². The first kappa shape index (κ1) is 23.3. The fourth-order valence-electron chi connectivity index (χ4n) is 4.02. The second-order valence-corrected chi connectivity index (χ2v) is 8.80. The predicted octanol–water partition coefficient (Wildman–Crippen LogP) is 3.88. The Bertz CT molecular complexity index is 1260. The van der Waals surface area contributed by atoms with Gasteiger partial charge in [-0.2, -0.15) is 0 Å². The molecule has 178 valence electrons. The van der Waals surface area contributed by atoms with E-state index < -0.39 is 0 Å². The zero-order valence-electron chi connectivity index (χ0n) is 19.8. The van der Waals surface area contributed by atoms with E-state index in [4.69, 9.17) is 4.42 Å². The van der Waals surface area contributed by atoms with E-state index >= 15 is 0 Å². The van der Waals surface area contributed by atoms with Crippen molar-refractivity contribution in [1.82, 2.24) is 15.1 Å². The van der Waals surface area contributed by atoms with Gasteiger partial charge in [0.25, 0.3) is 5.91 Å². The molecule has 2 heterocycles. The molecule has 0 saturated heterocycles. The van der Waals surface area contributed by atoms with Crippen molar-refractivity contribution >= 4 is 34.3 Å². The molecule has 1 N–H and O–H groups in total. The summed E-state index contributed by atoms with van der Waals surface area (Å²) in [6.07, 6.45) is 3.31. The van der Waals surface area contributed by atoms with Gasteiger partial charge in [-0.15, -0.1) is 0 Å². The number of benzene rings is 2. The maximum Gasteiger partial charge on any atom is 0.289 e. The van der Waals surface area contributed by atoms with Crippen molar-refractivity contribution in [3.63, 3.8) is 0 Å². The van der Waals surface area contributed by atoms with E-state index in [0.29, 0.717) is 37.4 Å². The molecule has 0 bridgehead atoms. The summed E-state index contributed by atoms with van der Waals surface area (Å²) < 4.78 is 5.70. The van der Waals surface area contributed by atoms with Crippen molar-refractivity contribution in [2.75, 3.05) is 27.2 Å². The van der Waals surface area contributed by atoms with E-state index in [0.717, 1.165) is 34.1 Å². The van der Waals surface area contributed by atoms with Crippen LogP contribution in [0.15, 0.2) is 59.0 Å². The number of rotatable bonds is 6. The monoisotopic (exact) mass is 461 g/mol. The molecule has 0 unspecified atom stereocenters. The molecule has 1 aliphatic rings. The van der Waals surface area contributed by atoms with Gasteiger partial charge in [-0.3, -0.25) is 14.4 Å². The largest absolute Gasteiger partial charge is 0.451 e. The van der Waals surface area contributed by atoms with E-state index in [9.17, 15) is 14.4 Å². The molecule has 7 heteroatoms. The van der Waals surface area contributed by atoms with Crippen molar-refractivity contribution in [2.45, 2.75) is 26.3 Å². The highest BCUT2D eigenvalue weighted by atomic mass is 16.3. The van der Waals surface area contributed by atoms with Crippen LogP contribution in [-0.2, 0) is 22.6 Å². The summed E-state index contributed by atoms with van der Waals surface area (Å²) >= 11 is 0. The third-order valence-corrected chi connectivity index (χ3v) is 5.93. The molecule has 4 rings (SSSR count). The Hall–Kier alpha value is -3.87. The number of nitrogens with one attached hydrogen (secondary N) is 1. The molecule has 2 aromatic carbocycles. The number of fused-ring (bicyclic) bond motifs is 1. The highest BCUT2D eigenvalue weighted by Gasteiger charge is 2.20. The quantitative estimate of drug-likeness (QED) is 0.604. The van der Waals surface area contributed by atoms with Gasteiger partial charge in [-0.1, -0.05) is 36.4 Å². The molecule has 1 aliphatic heterocycles. The highest BCUT2D eigenvalue weighted by molar-refractivity contribution is 5.96. The van der Waals surface area contributed by atoms with Crippen LogP contribution in [0.2, 0.25) is 0 Å². The van der Waals surface area contributed by atoms with Crippen LogP contribution in [0.5, 0.6) is 0 Å². The second-order valence-electron chi connectivity index (χ2n) is 8.80. The number of hydrogen-bond acceptors (Lipinski definition) is 4. The lowest BCUT2D eigenvalue weighted by molar-refractivity contribution is -0.130. The van der Waals surface area contributed by atoms with Crippen LogP contribution in [0.4, 0.5) is 0 Å². The van der Waals surface area contributed by atoms with Crippen LogP contribution in [0.25, 0.3) is 16.5 Å². The Morgan fingerprint density at radius 2 is 1.79 bits per heavy atom. The lowest BCUT2D eigenvalue weighted by Crippen LogP contribution is -2.36. The molecular weight excluding hydrogens is 430 g/mol. The first-order valence-corrected chi connectivity index (χ1v) is 11.3. The van der Waals surface area contributed by atoms with Crippen LogP contribution in [0.3, 0.4) is 0 Å². The highest BCUT2D eigenvalue weighted by Crippen LogP contribution is 2.27. The van der Waals surface area contributed by atoms with E-state index in [-0.39, 0.29) is 19.1 Å². The van der Waals surface area contributed by atoms with E-state index in [1.165, 1.54) is 11.8 Å². The molecule has 7 nitrogen and oxygen atoms in total. The normalized spacial score (nSPS) is 13.5. The molecule has 3 amide bonds. The number of nitrogens with zero attached hydrogens (tertiary/aromatic N) is 2. The number of amides is 3. The predicted molar refractivity (Wildman–Crippen MR) is 133 cm³/mol. The zero-order chi connectivity index (χ0) is 24.2. The summed E-state index contributed by atoms with van der Waals surface area (Å²) in [5.74, 6) is 0.162. The summed E-state index contributed by atoms with van der Waals surface area (Å²) in [7, 11) is 3.39. The minimum Gasteiger partial charge on any atom is -0.451 e. The van der Waals surface area contributed by atoms with Gasteiger partial charge in [0.05, 0.1) is 6.42 Å². The average Bonchev–Trinajstić information content (AvgIpc) is 3.26. The fourth-order valence-corrected chi connectivity index (χ4v) is 4.02. The van der Waals surface area contributed by atoms with Crippen molar-refractivity contribution in [1.29, 1.82) is 0 Å². The van der Waals surface area contributed by atoms with Crippen molar-refractivity contribution in [3.05, 3.63) is 77.1 Å².